The van der Waals surface area contributed by atoms with Crippen LogP contribution in [0.3, 0.4) is 0 Å². The van der Waals surface area contributed by atoms with E-state index in [2.05, 4.69) is 29.8 Å². The monoisotopic (exact) mass is 380 g/mol. The number of amides is 1. The molecule has 4 rings (SSSR count). The smallest absolute Gasteiger partial charge is 0.254 e. The number of methoxy groups -OCH3 is 3. The number of fused-ring (bicyclic) bond motifs is 3. The summed E-state index contributed by atoms with van der Waals surface area (Å²) in [5.74, 6) is 1.39. The molecule has 1 aliphatic heterocycles. The van der Waals surface area contributed by atoms with Gasteiger partial charge in [-0.15, -0.1) is 0 Å². The molecule has 146 valence electrons. The highest BCUT2D eigenvalue weighted by Crippen LogP contribution is 2.39. The van der Waals surface area contributed by atoms with Crippen LogP contribution < -0.4 is 14.2 Å². The predicted molar refractivity (Wildman–Crippen MR) is 107 cm³/mol. The number of hydrogen-bond donors (Lipinski definition) is 0. The van der Waals surface area contributed by atoms with Crippen molar-refractivity contribution in [2.24, 2.45) is 7.05 Å². The summed E-state index contributed by atoms with van der Waals surface area (Å²) in [6.45, 7) is 1.26. The summed E-state index contributed by atoms with van der Waals surface area (Å²) in [6.07, 6.45) is 0.840. The Morgan fingerprint density at radius 1 is 1.00 bits per heavy atom. The number of rotatable bonds is 4. The van der Waals surface area contributed by atoms with Crippen LogP contribution in [0.1, 0.15) is 21.6 Å². The third-order valence-electron chi connectivity index (χ3n) is 5.51. The minimum atomic E-state index is -0.0461. The van der Waals surface area contributed by atoms with Crippen LogP contribution in [0.25, 0.3) is 10.9 Å². The zero-order valence-corrected chi connectivity index (χ0v) is 16.6. The van der Waals surface area contributed by atoms with Gasteiger partial charge in [-0.3, -0.25) is 4.79 Å². The van der Waals surface area contributed by atoms with Gasteiger partial charge in [0.1, 0.15) is 0 Å². The molecule has 0 aliphatic carbocycles. The normalized spacial score (nSPS) is 13.4. The molecule has 1 aromatic heterocycles. The van der Waals surface area contributed by atoms with Crippen LogP contribution in [0, 0.1) is 0 Å². The topological polar surface area (TPSA) is 52.9 Å². The molecule has 0 fully saturated rings. The Morgan fingerprint density at radius 2 is 1.68 bits per heavy atom. The van der Waals surface area contributed by atoms with Crippen LogP contribution in [-0.4, -0.2) is 43.2 Å². The molecule has 6 heteroatoms. The van der Waals surface area contributed by atoms with E-state index in [-0.39, 0.29) is 5.91 Å². The summed E-state index contributed by atoms with van der Waals surface area (Å²) in [6, 6.07) is 11.8. The highest BCUT2D eigenvalue weighted by molar-refractivity contribution is 5.96. The molecule has 1 aliphatic rings. The third-order valence-corrected chi connectivity index (χ3v) is 5.51. The molecule has 3 aromatic rings. The van der Waals surface area contributed by atoms with Gasteiger partial charge in [0.25, 0.3) is 5.91 Å². The van der Waals surface area contributed by atoms with Gasteiger partial charge in [-0.05, 0) is 30.2 Å². The van der Waals surface area contributed by atoms with Crippen molar-refractivity contribution in [3.63, 3.8) is 0 Å². The van der Waals surface area contributed by atoms with Crippen molar-refractivity contribution in [2.75, 3.05) is 27.9 Å². The van der Waals surface area contributed by atoms with Crippen LogP contribution in [0.2, 0.25) is 0 Å². The first kappa shape index (κ1) is 18.2. The number of hydrogen-bond acceptors (Lipinski definition) is 4. The zero-order chi connectivity index (χ0) is 19.8. The van der Waals surface area contributed by atoms with Crippen LogP contribution in [0.15, 0.2) is 36.4 Å². The van der Waals surface area contributed by atoms with Gasteiger partial charge in [0, 0.05) is 35.8 Å². The van der Waals surface area contributed by atoms with E-state index in [1.807, 2.05) is 11.0 Å². The number of carbonyl (C=O) groups is 1. The summed E-state index contributed by atoms with van der Waals surface area (Å²) in [5, 5.41) is 1.28. The minimum Gasteiger partial charge on any atom is -0.493 e. The molecule has 0 unspecified atom stereocenters. The molecule has 0 saturated heterocycles. The highest BCUT2D eigenvalue weighted by Gasteiger charge is 2.27. The second-order valence-corrected chi connectivity index (χ2v) is 6.89. The molecule has 2 aromatic carbocycles. The van der Waals surface area contributed by atoms with Crippen LogP contribution in [0.4, 0.5) is 0 Å². The Morgan fingerprint density at radius 3 is 2.32 bits per heavy atom. The first-order valence-electron chi connectivity index (χ1n) is 9.23. The van der Waals surface area contributed by atoms with Crippen LogP contribution in [0.5, 0.6) is 17.2 Å². The van der Waals surface area contributed by atoms with Gasteiger partial charge in [-0.2, -0.15) is 0 Å². The highest BCUT2D eigenvalue weighted by atomic mass is 16.5. The fraction of sp³-hybridized carbons (Fsp3) is 0.318. The summed E-state index contributed by atoms with van der Waals surface area (Å²) in [7, 11) is 6.71. The van der Waals surface area contributed by atoms with Crippen molar-refractivity contribution in [3.05, 3.63) is 53.2 Å². The van der Waals surface area contributed by atoms with E-state index < -0.39 is 0 Å². The second-order valence-electron chi connectivity index (χ2n) is 6.89. The number of benzene rings is 2. The average molecular weight is 380 g/mol. The van der Waals surface area contributed by atoms with Crippen molar-refractivity contribution in [1.29, 1.82) is 0 Å². The van der Waals surface area contributed by atoms with Gasteiger partial charge < -0.3 is 23.7 Å². The number of ether oxygens (including phenoxy) is 3. The molecule has 28 heavy (non-hydrogen) atoms. The fourth-order valence-corrected chi connectivity index (χ4v) is 4.07. The molecule has 1 amide bonds. The molecule has 0 bridgehead atoms. The fourth-order valence-electron chi connectivity index (χ4n) is 4.07. The molecule has 0 N–H and O–H groups in total. The first-order valence-corrected chi connectivity index (χ1v) is 9.23. The van der Waals surface area contributed by atoms with E-state index in [0.29, 0.717) is 35.9 Å². The Hall–Kier alpha value is -3.15. The van der Waals surface area contributed by atoms with E-state index in [0.717, 1.165) is 6.42 Å². The SMILES string of the molecule is COc1cc(C(=O)N2CCc3c(n(C)c4ccccc34)C2)cc(OC)c1OC. The molecule has 6 nitrogen and oxygen atoms in total. The third kappa shape index (κ3) is 2.76. The number of carbonyl (C=O) groups excluding carboxylic acids is 1. The Labute approximate surface area is 164 Å². The number of aryl methyl sites for hydroxylation is 1. The lowest BCUT2D eigenvalue weighted by atomic mass is 10.0. The maximum atomic E-state index is 13.2. The second kappa shape index (κ2) is 7.11. The quantitative estimate of drug-likeness (QED) is 0.696. The Balaban J connectivity index is 1.69. The standard InChI is InChI=1S/C22H24N2O4/c1-23-17-8-6-5-7-15(17)16-9-10-24(13-18(16)23)22(25)14-11-19(26-2)21(28-4)20(12-14)27-3/h5-8,11-12H,9-10,13H2,1-4H3. The molecule has 0 spiro atoms. The summed E-state index contributed by atoms with van der Waals surface area (Å²) in [4.78, 5) is 15.1. The number of aromatic nitrogens is 1. The maximum absolute atomic E-state index is 13.2. The van der Waals surface area contributed by atoms with Gasteiger partial charge in [0.05, 0.1) is 27.9 Å². The van der Waals surface area contributed by atoms with Crippen molar-refractivity contribution in [2.45, 2.75) is 13.0 Å². The van der Waals surface area contributed by atoms with E-state index in [9.17, 15) is 4.79 Å². The van der Waals surface area contributed by atoms with Crippen molar-refractivity contribution in [1.82, 2.24) is 9.47 Å². The van der Waals surface area contributed by atoms with E-state index in [1.165, 1.54) is 22.2 Å². The molecular weight excluding hydrogens is 356 g/mol. The molecule has 0 atom stereocenters. The predicted octanol–water partition coefficient (Wildman–Crippen LogP) is 3.40. The Bertz CT molecular complexity index is 1030. The van der Waals surface area contributed by atoms with Gasteiger partial charge in [0.15, 0.2) is 11.5 Å². The average Bonchev–Trinajstić information content (AvgIpc) is 3.04. The summed E-state index contributed by atoms with van der Waals surface area (Å²) in [5.41, 5.74) is 4.26. The van der Waals surface area contributed by atoms with Crippen molar-refractivity contribution in [3.8, 4) is 17.2 Å². The lowest BCUT2D eigenvalue weighted by Crippen LogP contribution is -2.36. The minimum absolute atomic E-state index is 0.0461. The Kier molecular flexibility index (Phi) is 4.63. The lowest BCUT2D eigenvalue weighted by molar-refractivity contribution is 0.0730. The molecule has 0 saturated carbocycles. The van der Waals surface area contributed by atoms with Crippen LogP contribution >= 0.6 is 0 Å². The first-order chi connectivity index (χ1) is 13.6. The summed E-state index contributed by atoms with van der Waals surface area (Å²) < 4.78 is 18.3. The lowest BCUT2D eigenvalue weighted by Gasteiger charge is -2.28. The number of nitrogens with zero attached hydrogens (tertiary/aromatic N) is 2. The van der Waals surface area contributed by atoms with Gasteiger partial charge in [-0.25, -0.2) is 0 Å². The van der Waals surface area contributed by atoms with Gasteiger partial charge in [0.2, 0.25) is 5.75 Å². The van der Waals surface area contributed by atoms with E-state index in [1.54, 1.807) is 33.5 Å². The largest absolute Gasteiger partial charge is 0.493 e. The molecule has 2 heterocycles. The zero-order valence-electron chi connectivity index (χ0n) is 16.6. The van der Waals surface area contributed by atoms with E-state index in [4.69, 9.17) is 14.2 Å². The molecule has 0 radical (unpaired) electrons. The van der Waals surface area contributed by atoms with Crippen LogP contribution in [-0.2, 0) is 20.0 Å². The van der Waals surface area contributed by atoms with Gasteiger partial charge >= 0.3 is 0 Å². The van der Waals surface area contributed by atoms with E-state index >= 15 is 0 Å². The van der Waals surface area contributed by atoms with Crippen molar-refractivity contribution < 1.29 is 19.0 Å². The maximum Gasteiger partial charge on any atom is 0.254 e. The van der Waals surface area contributed by atoms with Crippen molar-refractivity contribution >= 4 is 16.8 Å². The number of para-hydroxylation sites is 1. The molecular formula is C22H24N2O4. The van der Waals surface area contributed by atoms with Gasteiger partial charge in [-0.1, -0.05) is 18.2 Å². The summed E-state index contributed by atoms with van der Waals surface area (Å²) >= 11 is 0.